The second kappa shape index (κ2) is 4.79. The number of hydrogen-bond donors (Lipinski definition) is 2. The number of ether oxygens (including phenoxy) is 3. The van der Waals surface area contributed by atoms with E-state index in [4.69, 9.17) is 19.9 Å². The van der Waals surface area contributed by atoms with Crippen LogP contribution < -0.4 is 11.1 Å². The lowest BCUT2D eigenvalue weighted by atomic mass is 9.99. The van der Waals surface area contributed by atoms with Crippen molar-refractivity contribution >= 4 is 0 Å². The van der Waals surface area contributed by atoms with Crippen molar-refractivity contribution in [2.45, 2.75) is 37.1 Å². The van der Waals surface area contributed by atoms with Crippen LogP contribution in [0.4, 0.5) is 0 Å². The van der Waals surface area contributed by atoms with Crippen LogP contribution >= 0.6 is 0 Å². The zero-order valence-corrected chi connectivity index (χ0v) is 11.0. The third kappa shape index (κ3) is 1.89. The number of methoxy groups -OCH3 is 2. The van der Waals surface area contributed by atoms with Gasteiger partial charge in [-0.15, -0.1) is 0 Å². The van der Waals surface area contributed by atoms with E-state index < -0.39 is 0 Å². The number of nitrogens with zero attached hydrogens (tertiary/aromatic N) is 1. The van der Waals surface area contributed by atoms with Gasteiger partial charge in [0.15, 0.2) is 0 Å². The van der Waals surface area contributed by atoms with Gasteiger partial charge in [-0.2, -0.15) is 0 Å². The van der Waals surface area contributed by atoms with E-state index in [2.05, 4.69) is 17.1 Å². The molecule has 2 aliphatic heterocycles. The van der Waals surface area contributed by atoms with Crippen LogP contribution in [0, 0.1) is 0 Å². The maximum Gasteiger partial charge on any atom is 0.132 e. The van der Waals surface area contributed by atoms with Gasteiger partial charge in [0, 0.05) is 20.8 Å². The van der Waals surface area contributed by atoms with E-state index >= 15 is 0 Å². The molecule has 3 unspecified atom stereocenters. The lowest BCUT2D eigenvalue weighted by molar-refractivity contribution is -0.139. The second-order valence-electron chi connectivity index (χ2n) is 4.87. The molecule has 17 heavy (non-hydrogen) atoms. The van der Waals surface area contributed by atoms with Gasteiger partial charge in [0.2, 0.25) is 0 Å². The molecule has 0 aliphatic carbocycles. The fourth-order valence-electron chi connectivity index (χ4n) is 3.26. The van der Waals surface area contributed by atoms with Crippen LogP contribution in [0.3, 0.4) is 0 Å². The summed E-state index contributed by atoms with van der Waals surface area (Å²) in [5, 5.41) is 3.07. The average molecular weight is 245 g/mol. The molecule has 0 amide bonds. The fourth-order valence-corrected chi connectivity index (χ4v) is 3.26. The zero-order valence-electron chi connectivity index (χ0n) is 11.0. The number of nitrogens with one attached hydrogen (secondary N) is 1. The Bertz CT molecular complexity index is 279. The molecule has 2 fully saturated rings. The lowest BCUT2D eigenvalue weighted by Gasteiger charge is -2.38. The smallest absolute Gasteiger partial charge is 0.132 e. The molecule has 2 rings (SSSR count). The molecule has 100 valence electrons. The van der Waals surface area contributed by atoms with E-state index in [0.29, 0.717) is 6.61 Å². The van der Waals surface area contributed by atoms with Gasteiger partial charge in [-0.3, -0.25) is 10.2 Å². The van der Waals surface area contributed by atoms with E-state index in [0.717, 1.165) is 6.54 Å². The molecular weight excluding hydrogens is 222 g/mol. The first-order valence-electron chi connectivity index (χ1n) is 5.98. The molecule has 0 radical (unpaired) electrons. The van der Waals surface area contributed by atoms with Gasteiger partial charge in [0.25, 0.3) is 0 Å². The highest BCUT2D eigenvalue weighted by atomic mass is 16.6. The molecule has 0 aromatic carbocycles. The first-order valence-corrected chi connectivity index (χ1v) is 5.98. The van der Waals surface area contributed by atoms with E-state index in [9.17, 15) is 0 Å². The number of fused-ring (bicyclic) bond motifs is 2. The minimum absolute atomic E-state index is 0.0110. The summed E-state index contributed by atoms with van der Waals surface area (Å²) in [4.78, 5) is 2.20. The van der Waals surface area contributed by atoms with Crippen LogP contribution in [0.25, 0.3) is 0 Å². The summed E-state index contributed by atoms with van der Waals surface area (Å²) < 4.78 is 17.0. The summed E-state index contributed by atoms with van der Waals surface area (Å²) >= 11 is 0. The molecule has 5 atom stereocenters. The fraction of sp³-hybridized carbons (Fsp3) is 1.00. The molecule has 2 aliphatic rings. The predicted molar refractivity (Wildman–Crippen MR) is 63.5 cm³/mol. The number of nitrogens with two attached hydrogens (primary N) is 1. The largest absolute Gasteiger partial charge is 0.382 e. The maximum atomic E-state index is 6.06. The Balaban J connectivity index is 2.23. The van der Waals surface area contributed by atoms with Gasteiger partial charge in [0.05, 0.1) is 18.8 Å². The number of hydrogen-bond acceptors (Lipinski definition) is 6. The standard InChI is InChI=1S/C11H23N3O3/c1-7-8-9(16-4)11(17-7,6-15-3)5-14(8)10(12)13-2/h7-10,13H,5-6,12H2,1-4H3/t7-,8?,9?,10?,11+/m0/s1. The van der Waals surface area contributed by atoms with Crippen LogP contribution in [0.5, 0.6) is 0 Å². The van der Waals surface area contributed by atoms with Crippen molar-refractivity contribution < 1.29 is 14.2 Å². The lowest BCUT2D eigenvalue weighted by Crippen LogP contribution is -2.59. The highest BCUT2D eigenvalue weighted by molar-refractivity contribution is 5.14. The Kier molecular flexibility index (Phi) is 3.72. The number of rotatable bonds is 5. The molecular formula is C11H23N3O3. The summed E-state index contributed by atoms with van der Waals surface area (Å²) in [6.45, 7) is 3.32. The molecule has 2 bridgehead atoms. The van der Waals surface area contributed by atoms with Gasteiger partial charge < -0.3 is 19.9 Å². The summed E-state index contributed by atoms with van der Waals surface area (Å²) in [7, 11) is 5.26. The molecule has 2 heterocycles. The summed E-state index contributed by atoms with van der Waals surface area (Å²) in [5.41, 5.74) is 5.68. The molecule has 0 aromatic heterocycles. The molecule has 6 heteroatoms. The minimum atomic E-state index is -0.387. The second-order valence-corrected chi connectivity index (χ2v) is 4.87. The van der Waals surface area contributed by atoms with Gasteiger partial charge >= 0.3 is 0 Å². The Labute approximate surface area is 102 Å². The monoisotopic (exact) mass is 245 g/mol. The van der Waals surface area contributed by atoms with Crippen molar-refractivity contribution in [3.63, 3.8) is 0 Å². The van der Waals surface area contributed by atoms with E-state index in [1.54, 1.807) is 14.2 Å². The van der Waals surface area contributed by atoms with Gasteiger partial charge in [0.1, 0.15) is 18.0 Å². The SMILES string of the molecule is CNC(N)N1C[C@]2(COC)O[C@@H](C)C1C2OC. The number of likely N-dealkylation sites (tertiary alicyclic amines) is 1. The molecule has 3 N–H and O–H groups in total. The zero-order chi connectivity index (χ0) is 12.6. The van der Waals surface area contributed by atoms with Crippen LogP contribution in [0.2, 0.25) is 0 Å². The molecule has 0 spiro atoms. The average Bonchev–Trinajstić information content (AvgIpc) is 2.76. The molecule has 6 nitrogen and oxygen atoms in total. The first kappa shape index (κ1) is 13.2. The van der Waals surface area contributed by atoms with Crippen molar-refractivity contribution in [3.8, 4) is 0 Å². The van der Waals surface area contributed by atoms with Crippen molar-refractivity contribution in [3.05, 3.63) is 0 Å². The normalized spacial score (nSPS) is 43.2. The highest BCUT2D eigenvalue weighted by Gasteiger charge is 2.63. The Morgan fingerprint density at radius 1 is 1.59 bits per heavy atom. The molecule has 0 aromatic rings. The van der Waals surface area contributed by atoms with Crippen LogP contribution in [-0.2, 0) is 14.2 Å². The Morgan fingerprint density at radius 2 is 2.29 bits per heavy atom. The predicted octanol–water partition coefficient (Wildman–Crippen LogP) is -1.05. The van der Waals surface area contributed by atoms with Crippen molar-refractivity contribution in [2.24, 2.45) is 5.73 Å². The van der Waals surface area contributed by atoms with Crippen molar-refractivity contribution in [2.75, 3.05) is 34.4 Å². The quantitative estimate of drug-likeness (QED) is 0.603. The summed E-state index contributed by atoms with van der Waals surface area (Å²) in [6, 6.07) is 0.178. The third-order valence-corrected chi connectivity index (χ3v) is 3.86. The molecule has 2 saturated heterocycles. The van der Waals surface area contributed by atoms with Crippen LogP contribution in [0.15, 0.2) is 0 Å². The Morgan fingerprint density at radius 3 is 2.82 bits per heavy atom. The van der Waals surface area contributed by atoms with E-state index in [1.807, 2.05) is 7.05 Å². The Hall–Kier alpha value is -0.240. The van der Waals surface area contributed by atoms with Crippen LogP contribution in [-0.4, -0.2) is 69.5 Å². The maximum absolute atomic E-state index is 6.06. The first-order chi connectivity index (χ1) is 8.09. The highest BCUT2D eigenvalue weighted by Crippen LogP contribution is 2.43. The van der Waals surface area contributed by atoms with E-state index in [1.165, 1.54) is 0 Å². The van der Waals surface area contributed by atoms with Gasteiger partial charge in [-0.1, -0.05) is 0 Å². The van der Waals surface area contributed by atoms with Gasteiger partial charge in [-0.25, -0.2) is 0 Å². The number of morpholine rings is 1. The topological polar surface area (TPSA) is 69.0 Å². The third-order valence-electron chi connectivity index (χ3n) is 3.86. The van der Waals surface area contributed by atoms with Gasteiger partial charge in [-0.05, 0) is 14.0 Å². The molecule has 0 saturated carbocycles. The van der Waals surface area contributed by atoms with Crippen molar-refractivity contribution in [1.29, 1.82) is 0 Å². The van der Waals surface area contributed by atoms with Crippen LogP contribution in [0.1, 0.15) is 6.92 Å². The summed E-state index contributed by atoms with van der Waals surface area (Å²) in [5.74, 6) is 0. The summed E-state index contributed by atoms with van der Waals surface area (Å²) in [6.07, 6.45) is -0.0668. The van der Waals surface area contributed by atoms with Crippen molar-refractivity contribution in [1.82, 2.24) is 10.2 Å². The van der Waals surface area contributed by atoms with E-state index in [-0.39, 0.29) is 30.1 Å². The minimum Gasteiger partial charge on any atom is -0.382 e.